The number of esters is 1. The fourth-order valence-corrected chi connectivity index (χ4v) is 3.85. The number of hydrogen-bond donors (Lipinski definition) is 0. The molecule has 2 aromatic heterocycles. The van der Waals surface area contributed by atoms with Gasteiger partial charge in [0.1, 0.15) is 21.9 Å². The predicted molar refractivity (Wildman–Crippen MR) is 101 cm³/mol. The van der Waals surface area contributed by atoms with Crippen molar-refractivity contribution in [1.82, 2.24) is 9.97 Å². The van der Waals surface area contributed by atoms with Crippen LogP contribution in [-0.4, -0.2) is 40.7 Å². The molecule has 3 rings (SSSR count). The van der Waals surface area contributed by atoms with Crippen LogP contribution in [0.1, 0.15) is 17.3 Å². The van der Waals surface area contributed by atoms with Crippen molar-refractivity contribution in [2.45, 2.75) is 18.1 Å². The van der Waals surface area contributed by atoms with Crippen LogP contribution in [0.5, 0.6) is 5.75 Å². The molecule has 0 saturated carbocycles. The normalized spacial score (nSPS) is 11.9. The van der Waals surface area contributed by atoms with E-state index in [2.05, 4.69) is 9.97 Å². The number of nitrogens with zero attached hydrogens (tertiary/aromatic N) is 2. The summed E-state index contributed by atoms with van der Waals surface area (Å²) in [6.45, 7) is 1.57. The first kappa shape index (κ1) is 18.3. The lowest BCUT2D eigenvalue weighted by molar-refractivity contribution is -0.143. The topological polar surface area (TPSA) is 78.4 Å². The van der Waals surface area contributed by atoms with Crippen LogP contribution in [-0.2, 0) is 9.53 Å². The maximum Gasteiger partial charge on any atom is 0.317 e. The van der Waals surface area contributed by atoms with Gasteiger partial charge in [0.05, 0.1) is 12.9 Å². The van der Waals surface area contributed by atoms with Gasteiger partial charge >= 0.3 is 5.97 Å². The standard InChI is InChI=1S/C18H16N2O4S2/c1-11(16(22)12-3-5-13(23-2)6-4-12)24-15(21)9-26-18-14-7-8-25-17(14)19-10-20-18/h3-8,10-11H,9H2,1-2H3/t11-/m0/s1. The van der Waals surface area contributed by atoms with Gasteiger partial charge < -0.3 is 9.47 Å². The fourth-order valence-electron chi connectivity index (χ4n) is 2.28. The SMILES string of the molecule is COc1ccc(C(=O)[C@H](C)OC(=O)CSc2ncnc3sccc23)cc1. The Morgan fingerprint density at radius 1 is 1.19 bits per heavy atom. The van der Waals surface area contributed by atoms with Crippen molar-refractivity contribution >= 4 is 45.1 Å². The lowest BCUT2D eigenvalue weighted by Crippen LogP contribution is -2.25. The summed E-state index contributed by atoms with van der Waals surface area (Å²) in [4.78, 5) is 33.7. The largest absolute Gasteiger partial charge is 0.497 e. The molecule has 0 aliphatic carbocycles. The van der Waals surface area contributed by atoms with Gasteiger partial charge in [0, 0.05) is 10.9 Å². The van der Waals surface area contributed by atoms with Crippen LogP contribution >= 0.6 is 23.1 Å². The van der Waals surface area contributed by atoms with Crippen molar-refractivity contribution in [3.63, 3.8) is 0 Å². The molecule has 1 atom stereocenters. The Balaban J connectivity index is 1.56. The lowest BCUT2D eigenvalue weighted by Gasteiger charge is -2.12. The number of hydrogen-bond acceptors (Lipinski definition) is 8. The predicted octanol–water partition coefficient (Wildman–Crippen LogP) is 3.61. The first-order valence-corrected chi connectivity index (χ1v) is 9.63. The molecule has 0 saturated heterocycles. The van der Waals surface area contributed by atoms with E-state index >= 15 is 0 Å². The smallest absolute Gasteiger partial charge is 0.317 e. The molecule has 2 heterocycles. The molecular weight excluding hydrogens is 372 g/mol. The molecule has 3 aromatic rings. The van der Waals surface area contributed by atoms with Gasteiger partial charge in [-0.3, -0.25) is 9.59 Å². The first-order chi connectivity index (χ1) is 12.6. The molecular formula is C18H16N2O4S2. The zero-order valence-corrected chi connectivity index (χ0v) is 15.8. The van der Waals surface area contributed by atoms with Crippen molar-refractivity contribution in [2.24, 2.45) is 0 Å². The monoisotopic (exact) mass is 388 g/mol. The summed E-state index contributed by atoms with van der Waals surface area (Å²) < 4.78 is 10.3. The van der Waals surface area contributed by atoms with E-state index in [-0.39, 0.29) is 11.5 Å². The zero-order valence-electron chi connectivity index (χ0n) is 14.2. The van der Waals surface area contributed by atoms with Gasteiger partial charge in [-0.2, -0.15) is 0 Å². The van der Waals surface area contributed by atoms with Gasteiger partial charge in [-0.1, -0.05) is 11.8 Å². The highest BCUT2D eigenvalue weighted by molar-refractivity contribution is 8.00. The van der Waals surface area contributed by atoms with Gasteiger partial charge in [-0.05, 0) is 42.6 Å². The van der Waals surface area contributed by atoms with E-state index in [9.17, 15) is 9.59 Å². The van der Waals surface area contributed by atoms with Gasteiger partial charge in [0.15, 0.2) is 6.10 Å². The van der Waals surface area contributed by atoms with Crippen molar-refractivity contribution < 1.29 is 19.1 Å². The van der Waals surface area contributed by atoms with Crippen LogP contribution in [0.4, 0.5) is 0 Å². The number of carbonyl (C=O) groups excluding carboxylic acids is 2. The summed E-state index contributed by atoms with van der Waals surface area (Å²) in [5, 5.41) is 3.57. The fraction of sp³-hybridized carbons (Fsp3) is 0.222. The molecule has 6 nitrogen and oxygen atoms in total. The quantitative estimate of drug-likeness (QED) is 0.265. The maximum atomic E-state index is 12.4. The minimum absolute atomic E-state index is 0.0716. The van der Waals surface area contributed by atoms with Crippen LogP contribution < -0.4 is 4.74 Å². The van der Waals surface area contributed by atoms with Gasteiger partial charge in [-0.25, -0.2) is 9.97 Å². The molecule has 0 unspecified atom stereocenters. The molecule has 0 radical (unpaired) electrons. The van der Waals surface area contributed by atoms with E-state index in [1.54, 1.807) is 38.3 Å². The minimum Gasteiger partial charge on any atom is -0.497 e. The second kappa shape index (κ2) is 8.29. The molecule has 26 heavy (non-hydrogen) atoms. The van der Waals surface area contributed by atoms with E-state index < -0.39 is 12.1 Å². The number of carbonyl (C=O) groups is 2. The summed E-state index contributed by atoms with van der Waals surface area (Å²) in [6.07, 6.45) is 0.616. The number of methoxy groups -OCH3 is 1. The Labute approximate surface area is 158 Å². The number of ketones is 1. The highest BCUT2D eigenvalue weighted by Gasteiger charge is 2.20. The molecule has 0 amide bonds. The summed E-state index contributed by atoms with van der Waals surface area (Å²) >= 11 is 2.79. The van der Waals surface area contributed by atoms with Crippen molar-refractivity contribution in [2.75, 3.05) is 12.9 Å². The Morgan fingerprint density at radius 3 is 2.69 bits per heavy atom. The summed E-state index contributed by atoms with van der Waals surface area (Å²) in [5.74, 6) is 0.00848. The van der Waals surface area contributed by atoms with Crippen LogP contribution in [0.15, 0.2) is 47.1 Å². The average molecular weight is 388 g/mol. The number of aromatic nitrogens is 2. The van der Waals surface area contributed by atoms with Crippen LogP contribution in [0.25, 0.3) is 10.2 Å². The highest BCUT2D eigenvalue weighted by Crippen LogP contribution is 2.27. The van der Waals surface area contributed by atoms with Crippen LogP contribution in [0, 0.1) is 0 Å². The molecule has 0 aliphatic rings. The molecule has 0 bridgehead atoms. The van der Waals surface area contributed by atoms with Crippen molar-refractivity contribution in [1.29, 1.82) is 0 Å². The third-order valence-corrected chi connectivity index (χ3v) is 5.40. The van der Waals surface area contributed by atoms with Crippen molar-refractivity contribution in [3.8, 4) is 5.75 Å². The van der Waals surface area contributed by atoms with E-state index in [1.807, 2.05) is 11.4 Å². The number of Topliss-reactive ketones (excluding diaryl/α,β-unsaturated/α-hetero) is 1. The molecule has 134 valence electrons. The molecule has 0 N–H and O–H groups in total. The highest BCUT2D eigenvalue weighted by atomic mass is 32.2. The Kier molecular flexibility index (Phi) is 5.85. The van der Waals surface area contributed by atoms with E-state index in [0.29, 0.717) is 11.3 Å². The van der Waals surface area contributed by atoms with Crippen LogP contribution in [0.3, 0.4) is 0 Å². The number of thioether (sulfide) groups is 1. The van der Waals surface area contributed by atoms with Crippen LogP contribution in [0.2, 0.25) is 0 Å². The van der Waals surface area contributed by atoms with Gasteiger partial charge in [0.2, 0.25) is 5.78 Å². The number of fused-ring (bicyclic) bond motifs is 1. The Morgan fingerprint density at radius 2 is 1.96 bits per heavy atom. The minimum atomic E-state index is -0.858. The zero-order chi connectivity index (χ0) is 18.5. The molecule has 0 fully saturated rings. The first-order valence-electron chi connectivity index (χ1n) is 7.77. The molecule has 0 aliphatic heterocycles. The van der Waals surface area contributed by atoms with E-state index in [1.165, 1.54) is 29.4 Å². The van der Waals surface area contributed by atoms with Crippen molar-refractivity contribution in [3.05, 3.63) is 47.6 Å². The number of rotatable bonds is 7. The Bertz CT molecular complexity index is 924. The third kappa shape index (κ3) is 4.20. The second-order valence-corrected chi connectivity index (χ2v) is 7.19. The van der Waals surface area contributed by atoms with E-state index in [4.69, 9.17) is 9.47 Å². The summed E-state index contributed by atoms with van der Waals surface area (Å²) in [5.41, 5.74) is 0.467. The molecule has 8 heteroatoms. The molecule has 1 aromatic carbocycles. The third-order valence-electron chi connectivity index (χ3n) is 3.60. The van der Waals surface area contributed by atoms with Gasteiger partial charge in [-0.15, -0.1) is 11.3 Å². The lowest BCUT2D eigenvalue weighted by atomic mass is 10.1. The second-order valence-electron chi connectivity index (χ2n) is 5.33. The molecule has 0 spiro atoms. The maximum absolute atomic E-state index is 12.4. The number of thiophene rings is 1. The number of ether oxygens (including phenoxy) is 2. The van der Waals surface area contributed by atoms with Gasteiger partial charge in [0.25, 0.3) is 0 Å². The summed E-state index contributed by atoms with van der Waals surface area (Å²) in [6, 6.07) is 8.60. The average Bonchev–Trinajstić information content (AvgIpc) is 3.15. The summed E-state index contributed by atoms with van der Waals surface area (Å²) in [7, 11) is 1.56. The number of benzene rings is 1. The Hall–Kier alpha value is -2.45. The van der Waals surface area contributed by atoms with E-state index in [0.717, 1.165) is 15.2 Å².